The summed E-state index contributed by atoms with van der Waals surface area (Å²) in [7, 11) is 0. The minimum atomic E-state index is -0.233. The molecule has 3 aromatic rings. The van der Waals surface area contributed by atoms with Gasteiger partial charge in [0.15, 0.2) is 0 Å². The lowest BCUT2D eigenvalue weighted by atomic mass is 10.2. The molecule has 1 heterocycles. The van der Waals surface area contributed by atoms with Crippen LogP contribution in [0.3, 0.4) is 0 Å². The topological polar surface area (TPSA) is 51.5 Å². The van der Waals surface area contributed by atoms with Crippen LogP contribution in [0.2, 0.25) is 5.02 Å². The summed E-state index contributed by atoms with van der Waals surface area (Å²) in [6, 6.07) is 16.3. The van der Waals surface area contributed by atoms with Crippen LogP contribution < -0.4 is 5.32 Å². The van der Waals surface area contributed by atoms with Gasteiger partial charge in [-0.25, -0.2) is 0 Å². The van der Waals surface area contributed by atoms with Gasteiger partial charge in [0.1, 0.15) is 12.4 Å². The Morgan fingerprint density at radius 3 is 2.80 bits per heavy atom. The number of halogens is 2. The lowest BCUT2D eigenvalue weighted by molar-refractivity contribution is 0.0929. The van der Waals surface area contributed by atoms with E-state index in [2.05, 4.69) is 21.2 Å². The van der Waals surface area contributed by atoms with Crippen LogP contribution in [0.4, 0.5) is 5.69 Å². The molecule has 128 valence electrons. The molecule has 1 amide bonds. The highest BCUT2D eigenvalue weighted by Gasteiger charge is 2.11. The van der Waals surface area contributed by atoms with E-state index in [4.69, 9.17) is 20.8 Å². The number of ether oxygens (including phenoxy) is 1. The number of nitrogens with one attached hydrogen (secondary N) is 1. The maximum Gasteiger partial charge on any atom is 0.256 e. The Bertz CT molecular complexity index is 865. The molecule has 4 nitrogen and oxygen atoms in total. The molecular weight excluding hydrogens is 406 g/mol. The lowest BCUT2D eigenvalue weighted by Gasteiger charge is -2.09. The van der Waals surface area contributed by atoms with E-state index in [1.54, 1.807) is 24.5 Å². The lowest BCUT2D eigenvalue weighted by Crippen LogP contribution is -2.12. The van der Waals surface area contributed by atoms with Crippen molar-refractivity contribution < 1.29 is 13.9 Å². The Kier molecular flexibility index (Phi) is 5.91. The predicted molar refractivity (Wildman–Crippen MR) is 101 cm³/mol. The van der Waals surface area contributed by atoms with Crippen LogP contribution in [0.1, 0.15) is 21.7 Å². The second-order valence-electron chi connectivity index (χ2n) is 5.35. The third-order valence-corrected chi connectivity index (χ3v) is 4.38. The number of hydrogen-bond donors (Lipinski definition) is 1. The number of hydrogen-bond acceptors (Lipinski definition) is 3. The van der Waals surface area contributed by atoms with E-state index in [1.165, 1.54) is 0 Å². The quantitative estimate of drug-likeness (QED) is 0.559. The molecule has 25 heavy (non-hydrogen) atoms. The van der Waals surface area contributed by atoms with Gasteiger partial charge < -0.3 is 14.5 Å². The first kappa shape index (κ1) is 17.7. The second kappa shape index (κ2) is 8.34. The first-order valence-corrected chi connectivity index (χ1v) is 8.74. The average Bonchev–Trinajstić information content (AvgIpc) is 3.11. The number of carbonyl (C=O) groups excluding carboxylic acids is 1. The summed E-state index contributed by atoms with van der Waals surface area (Å²) >= 11 is 9.33. The first-order chi connectivity index (χ1) is 12.1. The van der Waals surface area contributed by atoms with E-state index < -0.39 is 0 Å². The third-order valence-electron chi connectivity index (χ3n) is 3.45. The molecule has 0 spiro atoms. The first-order valence-electron chi connectivity index (χ1n) is 7.57. The molecule has 0 unspecified atom stereocenters. The highest BCUT2D eigenvalue weighted by molar-refractivity contribution is 9.10. The molecular formula is C19H15BrClNO3. The van der Waals surface area contributed by atoms with E-state index >= 15 is 0 Å². The van der Waals surface area contributed by atoms with Crippen molar-refractivity contribution >= 4 is 39.1 Å². The number of anilines is 1. The zero-order valence-corrected chi connectivity index (χ0v) is 15.5. The van der Waals surface area contributed by atoms with Gasteiger partial charge in [-0.05, 0) is 64.0 Å². The van der Waals surface area contributed by atoms with Gasteiger partial charge in [-0.3, -0.25) is 4.79 Å². The van der Waals surface area contributed by atoms with Gasteiger partial charge in [0, 0.05) is 15.2 Å². The summed E-state index contributed by atoms with van der Waals surface area (Å²) in [6.45, 7) is 0.824. The molecule has 1 N–H and O–H groups in total. The summed E-state index contributed by atoms with van der Waals surface area (Å²) in [5, 5.41) is 3.38. The average molecular weight is 421 g/mol. The van der Waals surface area contributed by atoms with Gasteiger partial charge in [0.05, 0.1) is 18.4 Å². The normalized spacial score (nSPS) is 10.6. The molecule has 1 aromatic heterocycles. The SMILES string of the molecule is O=C(Nc1cccc(COCc2ccco2)c1)c1cc(Cl)ccc1Br. The standard InChI is InChI=1S/C19H15BrClNO3/c20-18-7-6-14(21)10-17(18)19(23)22-15-4-1-3-13(9-15)11-24-12-16-5-2-8-25-16/h1-10H,11-12H2,(H,22,23). The van der Waals surface area contributed by atoms with Crippen molar-refractivity contribution in [2.24, 2.45) is 0 Å². The smallest absolute Gasteiger partial charge is 0.256 e. The van der Waals surface area contributed by atoms with Crippen molar-refractivity contribution in [3.63, 3.8) is 0 Å². The monoisotopic (exact) mass is 419 g/mol. The molecule has 0 aliphatic heterocycles. The largest absolute Gasteiger partial charge is 0.467 e. The Labute approximate surface area is 158 Å². The number of amides is 1. The Morgan fingerprint density at radius 2 is 2.00 bits per heavy atom. The fourth-order valence-electron chi connectivity index (χ4n) is 2.27. The van der Waals surface area contributed by atoms with Crippen LogP contribution in [0.5, 0.6) is 0 Å². The van der Waals surface area contributed by atoms with Gasteiger partial charge in [0.2, 0.25) is 0 Å². The summed E-state index contributed by atoms with van der Waals surface area (Å²) in [6.07, 6.45) is 1.61. The fraction of sp³-hybridized carbons (Fsp3) is 0.105. The molecule has 0 fully saturated rings. The molecule has 0 bridgehead atoms. The van der Waals surface area contributed by atoms with Gasteiger partial charge in [0.25, 0.3) is 5.91 Å². The summed E-state index contributed by atoms with van der Waals surface area (Å²) in [4.78, 5) is 12.4. The van der Waals surface area contributed by atoms with E-state index in [0.29, 0.717) is 34.0 Å². The molecule has 0 aliphatic rings. The fourth-order valence-corrected chi connectivity index (χ4v) is 2.87. The van der Waals surface area contributed by atoms with Crippen LogP contribution in [-0.4, -0.2) is 5.91 Å². The summed E-state index contributed by atoms with van der Waals surface area (Å²) in [5.74, 6) is 0.540. The van der Waals surface area contributed by atoms with E-state index in [-0.39, 0.29) is 5.91 Å². The van der Waals surface area contributed by atoms with Crippen molar-refractivity contribution in [2.75, 3.05) is 5.32 Å². The Hall–Kier alpha value is -2.08. The van der Waals surface area contributed by atoms with Gasteiger partial charge >= 0.3 is 0 Å². The molecule has 0 saturated carbocycles. The molecule has 3 rings (SSSR count). The van der Waals surface area contributed by atoms with Gasteiger partial charge in [-0.15, -0.1) is 0 Å². The van der Waals surface area contributed by atoms with Gasteiger partial charge in [-0.2, -0.15) is 0 Å². The summed E-state index contributed by atoms with van der Waals surface area (Å²) in [5.41, 5.74) is 2.12. The van der Waals surface area contributed by atoms with Crippen LogP contribution in [0.25, 0.3) is 0 Å². The number of furan rings is 1. The number of carbonyl (C=O) groups is 1. The van der Waals surface area contributed by atoms with Crippen LogP contribution >= 0.6 is 27.5 Å². The van der Waals surface area contributed by atoms with Crippen LogP contribution in [0, 0.1) is 0 Å². The van der Waals surface area contributed by atoms with Gasteiger partial charge in [-0.1, -0.05) is 23.7 Å². The minimum Gasteiger partial charge on any atom is -0.467 e. The molecule has 0 radical (unpaired) electrons. The van der Waals surface area contributed by atoms with Crippen molar-refractivity contribution in [2.45, 2.75) is 13.2 Å². The van der Waals surface area contributed by atoms with Crippen molar-refractivity contribution in [1.29, 1.82) is 0 Å². The highest BCUT2D eigenvalue weighted by atomic mass is 79.9. The minimum absolute atomic E-state index is 0.233. The Balaban J connectivity index is 1.63. The zero-order valence-electron chi connectivity index (χ0n) is 13.2. The second-order valence-corrected chi connectivity index (χ2v) is 6.64. The maximum atomic E-state index is 12.4. The summed E-state index contributed by atoms with van der Waals surface area (Å²) < 4.78 is 11.5. The predicted octanol–water partition coefficient (Wildman–Crippen LogP) is 5.66. The zero-order chi connectivity index (χ0) is 17.6. The highest BCUT2D eigenvalue weighted by Crippen LogP contribution is 2.22. The van der Waals surface area contributed by atoms with Crippen molar-refractivity contribution in [1.82, 2.24) is 0 Å². The number of rotatable bonds is 6. The Morgan fingerprint density at radius 1 is 1.12 bits per heavy atom. The van der Waals surface area contributed by atoms with Crippen molar-refractivity contribution in [3.05, 3.63) is 87.2 Å². The molecule has 6 heteroatoms. The van der Waals surface area contributed by atoms with E-state index in [0.717, 1.165) is 11.3 Å². The molecule has 2 aromatic carbocycles. The van der Waals surface area contributed by atoms with Crippen molar-refractivity contribution in [3.8, 4) is 0 Å². The third kappa shape index (κ3) is 4.95. The molecule has 0 aliphatic carbocycles. The molecule has 0 atom stereocenters. The van der Waals surface area contributed by atoms with E-state index in [1.807, 2.05) is 36.4 Å². The van der Waals surface area contributed by atoms with Crippen LogP contribution in [-0.2, 0) is 18.0 Å². The van der Waals surface area contributed by atoms with E-state index in [9.17, 15) is 4.79 Å². The molecule has 0 saturated heterocycles. The van der Waals surface area contributed by atoms with Crippen LogP contribution in [0.15, 0.2) is 69.8 Å². The maximum absolute atomic E-state index is 12.4. The number of benzene rings is 2.